The van der Waals surface area contributed by atoms with E-state index in [0.29, 0.717) is 0 Å². The highest BCUT2D eigenvalue weighted by Gasteiger charge is 2.48. The van der Waals surface area contributed by atoms with E-state index < -0.39 is 61.7 Å². The van der Waals surface area contributed by atoms with Crippen molar-refractivity contribution in [2.24, 2.45) is 10.8 Å². The smallest absolute Gasteiger partial charge is 0.387 e. The molecule has 35 heavy (non-hydrogen) atoms. The van der Waals surface area contributed by atoms with Crippen LogP contribution in [0.15, 0.2) is 12.7 Å². The van der Waals surface area contributed by atoms with Crippen LogP contribution in [0.25, 0.3) is 11.2 Å². The van der Waals surface area contributed by atoms with Crippen molar-refractivity contribution in [3.8, 4) is 0 Å². The Morgan fingerprint density at radius 3 is 2.17 bits per heavy atom. The number of phosphoric acid groups is 1. The number of aromatic nitrogens is 4. The molecule has 4 N–H and O–H groups in total. The Balaban J connectivity index is 1.79. The van der Waals surface area contributed by atoms with Crippen molar-refractivity contribution < 1.29 is 42.7 Å². The van der Waals surface area contributed by atoms with Gasteiger partial charge >= 0.3 is 19.8 Å². The quantitative estimate of drug-likeness (QED) is 0.466. The largest absolute Gasteiger partial charge is 0.592 e. The highest BCUT2D eigenvalue weighted by atomic mass is 31.2. The average molecular weight is 515 g/mol. The molecule has 0 aliphatic carbocycles. The monoisotopic (exact) mass is 515 g/mol. The van der Waals surface area contributed by atoms with E-state index in [2.05, 4.69) is 15.0 Å². The van der Waals surface area contributed by atoms with Crippen LogP contribution >= 0.6 is 7.82 Å². The Kier molecular flexibility index (Phi) is 7.26. The molecular weight excluding hydrogens is 485 g/mol. The van der Waals surface area contributed by atoms with Crippen molar-refractivity contribution in [1.29, 1.82) is 0 Å². The Labute approximate surface area is 201 Å². The summed E-state index contributed by atoms with van der Waals surface area (Å²) in [5, 5.41) is 21.1. The van der Waals surface area contributed by atoms with Crippen LogP contribution in [0.4, 0.5) is 5.82 Å². The number of hydrogen-bond acceptors (Lipinski definition) is 13. The summed E-state index contributed by atoms with van der Waals surface area (Å²) in [5.41, 5.74) is 4.14. The molecule has 0 unspecified atom stereocenters. The molecule has 0 aromatic carbocycles. The number of anilines is 1. The second-order valence-corrected chi connectivity index (χ2v) is 11.6. The van der Waals surface area contributed by atoms with Gasteiger partial charge in [0.1, 0.15) is 30.2 Å². The number of carbonyl (C=O) groups excluding carboxylic acids is 2. The molecule has 15 heteroatoms. The van der Waals surface area contributed by atoms with Gasteiger partial charge in [-0.1, -0.05) is 0 Å². The predicted octanol–water partition coefficient (Wildman–Crippen LogP) is 1.33. The maximum absolute atomic E-state index is 13.2. The number of nitrogens with zero attached hydrogens (tertiary/aromatic N) is 4. The van der Waals surface area contributed by atoms with Gasteiger partial charge in [-0.2, -0.15) is 0 Å². The summed E-state index contributed by atoms with van der Waals surface area (Å²) in [6.07, 6.45) is -2.88. The lowest BCUT2D eigenvalue weighted by Gasteiger charge is -2.25. The fraction of sp³-hybridized carbons (Fsp3) is 0.650. The van der Waals surface area contributed by atoms with Crippen LogP contribution < -0.4 is 5.73 Å². The summed E-state index contributed by atoms with van der Waals surface area (Å²) in [5.74, 6) is -1.75. The number of rotatable bonds is 6. The minimum Gasteiger partial charge on any atom is -0.387 e. The van der Waals surface area contributed by atoms with Gasteiger partial charge in [-0.3, -0.25) is 18.7 Å². The Hall–Kier alpha value is -2.64. The van der Waals surface area contributed by atoms with Crippen LogP contribution in [0, 0.1) is 10.8 Å². The predicted molar refractivity (Wildman–Crippen MR) is 120 cm³/mol. The molecule has 1 aliphatic rings. The van der Waals surface area contributed by atoms with Gasteiger partial charge < -0.3 is 29.7 Å². The summed E-state index contributed by atoms with van der Waals surface area (Å²) in [6, 6.07) is 0. The van der Waals surface area contributed by atoms with E-state index in [9.17, 15) is 24.4 Å². The zero-order valence-corrected chi connectivity index (χ0v) is 21.1. The first-order valence-corrected chi connectivity index (χ1v) is 12.2. The van der Waals surface area contributed by atoms with Crippen molar-refractivity contribution in [2.45, 2.75) is 66.1 Å². The van der Waals surface area contributed by atoms with Crippen LogP contribution in [0.3, 0.4) is 0 Å². The fourth-order valence-corrected chi connectivity index (χ4v) is 4.29. The summed E-state index contributed by atoms with van der Waals surface area (Å²) in [6.45, 7) is 8.45. The van der Waals surface area contributed by atoms with Crippen LogP contribution in [0.1, 0.15) is 47.8 Å². The molecule has 2 aromatic heterocycles. The van der Waals surface area contributed by atoms with Gasteiger partial charge in [0, 0.05) is 0 Å². The van der Waals surface area contributed by atoms with Gasteiger partial charge in [-0.15, -0.1) is 0 Å². The number of hydrogen-bond donors (Lipinski definition) is 3. The van der Waals surface area contributed by atoms with E-state index in [1.54, 1.807) is 0 Å². The van der Waals surface area contributed by atoms with Crippen molar-refractivity contribution in [3.63, 3.8) is 0 Å². The van der Waals surface area contributed by atoms with Gasteiger partial charge in [0.15, 0.2) is 17.7 Å². The molecule has 0 radical (unpaired) electrons. The second kappa shape index (κ2) is 9.43. The minimum absolute atomic E-state index is 0.115. The Morgan fingerprint density at radius 2 is 1.63 bits per heavy atom. The molecule has 1 fully saturated rings. The van der Waals surface area contributed by atoms with Gasteiger partial charge in [0.2, 0.25) is 0 Å². The zero-order valence-electron chi connectivity index (χ0n) is 20.2. The number of aliphatic hydroxyl groups excluding tert-OH is 2. The number of aliphatic hydroxyl groups is 2. The number of imidazole rings is 1. The van der Waals surface area contributed by atoms with E-state index >= 15 is 0 Å². The molecule has 3 heterocycles. The Morgan fingerprint density at radius 1 is 1.06 bits per heavy atom. The lowest BCUT2D eigenvalue weighted by Crippen LogP contribution is -2.34. The number of ether oxygens (including phenoxy) is 1. The first-order valence-electron chi connectivity index (χ1n) is 10.7. The lowest BCUT2D eigenvalue weighted by atomic mass is 9.98. The van der Waals surface area contributed by atoms with Crippen molar-refractivity contribution in [1.82, 2.24) is 19.5 Å². The van der Waals surface area contributed by atoms with E-state index in [-0.39, 0.29) is 17.0 Å². The molecule has 0 bridgehead atoms. The average Bonchev–Trinajstić information content (AvgIpc) is 3.27. The summed E-state index contributed by atoms with van der Waals surface area (Å²) < 4.78 is 35.5. The molecule has 14 nitrogen and oxygen atoms in total. The van der Waals surface area contributed by atoms with Crippen LogP contribution in [0.5, 0.6) is 0 Å². The van der Waals surface area contributed by atoms with Crippen LogP contribution in [-0.2, 0) is 32.5 Å². The van der Waals surface area contributed by atoms with E-state index in [4.69, 9.17) is 24.0 Å². The molecule has 1 saturated heterocycles. The third kappa shape index (κ3) is 5.78. The third-order valence-electron chi connectivity index (χ3n) is 5.01. The first-order chi connectivity index (χ1) is 16.0. The summed E-state index contributed by atoms with van der Waals surface area (Å²) in [7, 11) is -4.78. The highest BCUT2D eigenvalue weighted by Crippen LogP contribution is 2.53. The van der Waals surface area contributed by atoms with E-state index in [1.165, 1.54) is 58.8 Å². The molecule has 2 aromatic rings. The third-order valence-corrected chi connectivity index (χ3v) is 6.25. The first kappa shape index (κ1) is 27.0. The van der Waals surface area contributed by atoms with Gasteiger partial charge in [-0.25, -0.2) is 19.5 Å². The van der Waals surface area contributed by atoms with Gasteiger partial charge in [0.25, 0.3) is 0 Å². The number of nitrogen functional groups attached to an aromatic ring is 1. The number of carbonyl (C=O) groups is 2. The van der Waals surface area contributed by atoms with Crippen LogP contribution in [-0.4, -0.2) is 66.6 Å². The minimum atomic E-state index is -4.78. The molecule has 4 atom stereocenters. The van der Waals surface area contributed by atoms with Crippen LogP contribution in [0.2, 0.25) is 0 Å². The number of fused-ring (bicyclic) bond motifs is 1. The summed E-state index contributed by atoms with van der Waals surface area (Å²) in [4.78, 5) is 36.7. The molecular formula is C20H30N5O9P. The standard InChI is InChI=1S/C20H30N5O9P/c1-19(2,3)17(28)33-35(30,34-18(29)20(4,5)6)31-7-10-12(26)13(27)16(32-10)25-9-24-11-14(21)22-8-23-15(11)25/h8-10,12-13,16,26-27H,7H2,1-6H3,(H2,21,22,23)/t10-,12-,13-,16-/m1/s1. The summed E-state index contributed by atoms with van der Waals surface area (Å²) >= 11 is 0. The molecule has 0 spiro atoms. The second-order valence-electron chi connectivity index (χ2n) is 10.1. The van der Waals surface area contributed by atoms with E-state index in [0.717, 1.165) is 0 Å². The van der Waals surface area contributed by atoms with Gasteiger partial charge in [-0.05, 0) is 41.5 Å². The zero-order chi connectivity index (χ0) is 26.3. The Bertz CT molecular complexity index is 1120. The van der Waals surface area contributed by atoms with Crippen molar-refractivity contribution >= 4 is 36.7 Å². The SMILES string of the molecule is CC(C)(C)C(=O)OP(=O)(OC[C@H]1O[C@@H](n2cnc3c(N)ncnc32)[C@H](O)[C@@H]1O)OC(=O)C(C)(C)C. The molecule has 3 rings (SSSR count). The molecule has 194 valence electrons. The maximum atomic E-state index is 13.2. The number of phosphoric ester groups is 1. The topological polar surface area (TPSA) is 198 Å². The molecule has 0 saturated carbocycles. The highest BCUT2D eigenvalue weighted by molar-refractivity contribution is 7.49. The molecule has 0 amide bonds. The van der Waals surface area contributed by atoms with Gasteiger partial charge in [0.05, 0.1) is 23.8 Å². The van der Waals surface area contributed by atoms with Crippen molar-refractivity contribution in [3.05, 3.63) is 12.7 Å². The molecule has 1 aliphatic heterocycles. The maximum Gasteiger partial charge on any atom is 0.592 e. The van der Waals surface area contributed by atoms with E-state index in [1.807, 2.05) is 0 Å². The number of nitrogens with two attached hydrogens (primary N) is 1. The lowest BCUT2D eigenvalue weighted by molar-refractivity contribution is -0.151. The fourth-order valence-electron chi connectivity index (χ4n) is 2.87. The van der Waals surface area contributed by atoms with Crippen molar-refractivity contribution in [2.75, 3.05) is 12.3 Å². The normalized spacial score (nSPS) is 23.4.